The Balaban J connectivity index is 2.06. The second-order valence-electron chi connectivity index (χ2n) is 4.67. The summed E-state index contributed by atoms with van der Waals surface area (Å²) in [5, 5.41) is 3.23. The van der Waals surface area contributed by atoms with E-state index in [0.29, 0.717) is 27.8 Å². The summed E-state index contributed by atoms with van der Waals surface area (Å²) in [7, 11) is 0. The Kier molecular flexibility index (Phi) is 3.31. The van der Waals surface area contributed by atoms with Crippen molar-refractivity contribution in [2.24, 2.45) is 0 Å². The van der Waals surface area contributed by atoms with E-state index in [2.05, 4.69) is 15.3 Å². The lowest BCUT2D eigenvalue weighted by Gasteiger charge is -2.09. The van der Waals surface area contributed by atoms with Crippen molar-refractivity contribution < 1.29 is 9.18 Å². The highest BCUT2D eigenvalue weighted by Gasteiger charge is 2.13. The van der Waals surface area contributed by atoms with Gasteiger partial charge in [-0.05, 0) is 43.3 Å². The fourth-order valence-corrected chi connectivity index (χ4v) is 2.15. The fraction of sp³-hybridized carbons (Fsp3) is 0.0625. The molecule has 1 amide bonds. The lowest BCUT2D eigenvalue weighted by molar-refractivity contribution is 0.102. The number of nitrogens with one attached hydrogen (secondary N) is 1. The Labute approximate surface area is 120 Å². The predicted octanol–water partition coefficient (Wildman–Crippen LogP) is 3.33. The second kappa shape index (κ2) is 5.28. The van der Waals surface area contributed by atoms with Crippen LogP contribution in [0.3, 0.4) is 0 Å². The number of nitrogens with zero attached hydrogens (tertiary/aromatic N) is 2. The minimum atomic E-state index is -0.399. The number of carbonyl (C=O) groups is 1. The first kappa shape index (κ1) is 13.2. The molecule has 0 aliphatic rings. The summed E-state index contributed by atoms with van der Waals surface area (Å²) in [5.41, 5.74) is 2.26. The zero-order valence-corrected chi connectivity index (χ0v) is 11.3. The van der Waals surface area contributed by atoms with Gasteiger partial charge in [-0.25, -0.2) is 4.39 Å². The number of hydrogen-bond donors (Lipinski definition) is 1. The molecule has 2 aromatic heterocycles. The average Bonchev–Trinajstić information content (AvgIpc) is 2.48. The van der Waals surface area contributed by atoms with Crippen LogP contribution in [0.1, 0.15) is 16.1 Å². The molecule has 0 spiro atoms. The second-order valence-corrected chi connectivity index (χ2v) is 4.67. The van der Waals surface area contributed by atoms with Crippen LogP contribution < -0.4 is 5.32 Å². The molecule has 0 unspecified atom stereocenters. The molecule has 0 saturated carbocycles. The Hall–Kier alpha value is -2.82. The summed E-state index contributed by atoms with van der Waals surface area (Å²) in [6.07, 6.45) is 3.17. The van der Waals surface area contributed by atoms with E-state index in [1.165, 1.54) is 12.1 Å². The molecule has 1 N–H and O–H groups in total. The highest BCUT2D eigenvalue weighted by molar-refractivity contribution is 6.12. The third-order valence-corrected chi connectivity index (χ3v) is 3.06. The monoisotopic (exact) mass is 281 g/mol. The third kappa shape index (κ3) is 2.72. The molecule has 0 atom stereocenters. The lowest BCUT2D eigenvalue weighted by Crippen LogP contribution is -2.13. The van der Waals surface area contributed by atoms with Crippen LogP contribution in [-0.4, -0.2) is 15.9 Å². The number of halogens is 1. The normalized spacial score (nSPS) is 10.6. The van der Waals surface area contributed by atoms with E-state index >= 15 is 0 Å². The molecule has 0 saturated heterocycles. The molecule has 1 aromatic carbocycles. The summed E-state index contributed by atoms with van der Waals surface area (Å²) in [4.78, 5) is 20.6. The quantitative estimate of drug-likeness (QED) is 0.784. The largest absolute Gasteiger partial charge is 0.321 e. The number of hydrogen-bond acceptors (Lipinski definition) is 3. The molecule has 21 heavy (non-hydrogen) atoms. The number of carbonyl (C=O) groups excluding carboxylic acids is 1. The molecule has 0 bridgehead atoms. The van der Waals surface area contributed by atoms with Gasteiger partial charge < -0.3 is 5.32 Å². The number of aryl methyl sites for hydroxylation is 1. The Bertz CT molecular complexity index is 818. The Morgan fingerprint density at radius 3 is 2.86 bits per heavy atom. The van der Waals surface area contributed by atoms with Crippen LogP contribution in [-0.2, 0) is 0 Å². The van der Waals surface area contributed by atoms with Crippen molar-refractivity contribution in [3.05, 3.63) is 65.9 Å². The smallest absolute Gasteiger partial charge is 0.256 e. The maximum atomic E-state index is 13.4. The number of anilines is 1. The van der Waals surface area contributed by atoms with Gasteiger partial charge >= 0.3 is 0 Å². The molecule has 104 valence electrons. The van der Waals surface area contributed by atoms with Gasteiger partial charge in [0, 0.05) is 17.3 Å². The van der Waals surface area contributed by atoms with Crippen LogP contribution in [0.25, 0.3) is 10.9 Å². The van der Waals surface area contributed by atoms with Gasteiger partial charge in [-0.1, -0.05) is 0 Å². The molecule has 0 aliphatic carbocycles. The number of rotatable bonds is 2. The SMILES string of the molecule is Cc1cc(C(=O)Nc2cccnc2)c2cc(F)ccc2n1. The average molecular weight is 281 g/mol. The Morgan fingerprint density at radius 1 is 1.24 bits per heavy atom. The van der Waals surface area contributed by atoms with Crippen LogP contribution in [0.5, 0.6) is 0 Å². The number of amides is 1. The maximum Gasteiger partial charge on any atom is 0.256 e. The van der Waals surface area contributed by atoms with Gasteiger partial charge in [0.05, 0.1) is 23.0 Å². The van der Waals surface area contributed by atoms with Gasteiger partial charge in [0.25, 0.3) is 5.91 Å². The molecule has 0 radical (unpaired) electrons. The van der Waals surface area contributed by atoms with Crippen molar-refractivity contribution in [2.45, 2.75) is 6.92 Å². The van der Waals surface area contributed by atoms with E-state index in [0.717, 1.165) is 0 Å². The van der Waals surface area contributed by atoms with Gasteiger partial charge in [0.2, 0.25) is 0 Å². The number of fused-ring (bicyclic) bond motifs is 1. The van der Waals surface area contributed by atoms with E-state index in [-0.39, 0.29) is 5.91 Å². The summed E-state index contributed by atoms with van der Waals surface area (Å²) in [6.45, 7) is 1.80. The van der Waals surface area contributed by atoms with Gasteiger partial charge in [-0.2, -0.15) is 0 Å². The topological polar surface area (TPSA) is 54.9 Å². The molecular weight excluding hydrogens is 269 g/mol. The molecule has 2 heterocycles. The number of benzene rings is 1. The van der Waals surface area contributed by atoms with Gasteiger partial charge in [-0.15, -0.1) is 0 Å². The molecule has 5 heteroatoms. The molecular formula is C16H12FN3O. The zero-order valence-electron chi connectivity index (χ0n) is 11.3. The highest BCUT2D eigenvalue weighted by atomic mass is 19.1. The summed E-state index contributed by atoms with van der Waals surface area (Å²) in [5.74, 6) is -0.715. The van der Waals surface area contributed by atoms with Gasteiger partial charge in [-0.3, -0.25) is 14.8 Å². The van der Waals surface area contributed by atoms with E-state index < -0.39 is 5.82 Å². The Morgan fingerprint density at radius 2 is 2.10 bits per heavy atom. The van der Waals surface area contributed by atoms with Crippen molar-refractivity contribution in [2.75, 3.05) is 5.32 Å². The van der Waals surface area contributed by atoms with Crippen LogP contribution in [0, 0.1) is 12.7 Å². The van der Waals surface area contributed by atoms with Crippen molar-refractivity contribution in [1.82, 2.24) is 9.97 Å². The first-order valence-corrected chi connectivity index (χ1v) is 6.42. The predicted molar refractivity (Wildman–Crippen MR) is 78.6 cm³/mol. The fourth-order valence-electron chi connectivity index (χ4n) is 2.15. The number of aromatic nitrogens is 2. The van der Waals surface area contributed by atoms with Crippen molar-refractivity contribution in [3.63, 3.8) is 0 Å². The van der Waals surface area contributed by atoms with Crippen LogP contribution >= 0.6 is 0 Å². The maximum absolute atomic E-state index is 13.4. The minimum Gasteiger partial charge on any atom is -0.321 e. The highest BCUT2D eigenvalue weighted by Crippen LogP contribution is 2.21. The van der Waals surface area contributed by atoms with Gasteiger partial charge in [0.1, 0.15) is 5.82 Å². The molecule has 3 aromatic rings. The molecule has 0 aliphatic heterocycles. The first-order valence-electron chi connectivity index (χ1n) is 6.42. The first-order chi connectivity index (χ1) is 10.1. The summed E-state index contributed by atoms with van der Waals surface area (Å²) in [6, 6.07) is 9.33. The van der Waals surface area contributed by atoms with E-state index in [1.54, 1.807) is 43.6 Å². The standard InChI is InChI=1S/C16H12FN3O/c1-10-7-14(13-8-11(17)4-5-15(13)19-10)16(21)20-12-3-2-6-18-9-12/h2-9H,1H3,(H,20,21). The lowest BCUT2D eigenvalue weighted by atomic mass is 10.1. The third-order valence-electron chi connectivity index (χ3n) is 3.06. The van der Waals surface area contributed by atoms with Crippen molar-refractivity contribution in [1.29, 1.82) is 0 Å². The summed E-state index contributed by atoms with van der Waals surface area (Å²) < 4.78 is 13.4. The van der Waals surface area contributed by atoms with Crippen molar-refractivity contribution >= 4 is 22.5 Å². The van der Waals surface area contributed by atoms with E-state index in [4.69, 9.17) is 0 Å². The summed E-state index contributed by atoms with van der Waals surface area (Å²) >= 11 is 0. The van der Waals surface area contributed by atoms with Crippen LogP contribution in [0.15, 0.2) is 48.8 Å². The van der Waals surface area contributed by atoms with E-state index in [9.17, 15) is 9.18 Å². The van der Waals surface area contributed by atoms with Gasteiger partial charge in [0.15, 0.2) is 0 Å². The van der Waals surface area contributed by atoms with Crippen LogP contribution in [0.4, 0.5) is 10.1 Å². The molecule has 0 fully saturated rings. The number of pyridine rings is 2. The minimum absolute atomic E-state index is 0.316. The van der Waals surface area contributed by atoms with Crippen molar-refractivity contribution in [3.8, 4) is 0 Å². The zero-order chi connectivity index (χ0) is 14.8. The van der Waals surface area contributed by atoms with Crippen LogP contribution in [0.2, 0.25) is 0 Å². The van der Waals surface area contributed by atoms with E-state index in [1.807, 2.05) is 0 Å². The molecule has 3 rings (SSSR count). The molecule has 4 nitrogen and oxygen atoms in total.